The molecule has 0 aromatic heterocycles. The van der Waals surface area contributed by atoms with Crippen LogP contribution in [0.3, 0.4) is 0 Å². The van der Waals surface area contributed by atoms with Crippen LogP contribution in [0, 0.1) is 0 Å². The zero-order valence-electron chi connectivity index (χ0n) is 16.8. The Hall–Kier alpha value is -2.49. The second-order valence-electron chi connectivity index (χ2n) is 6.98. The van der Waals surface area contributed by atoms with E-state index >= 15 is 0 Å². The Morgan fingerprint density at radius 3 is 2.41 bits per heavy atom. The standard InChI is InChI=1S/C23H31NO3/c1-5-22(27-21-10-6-9-20(16-21)26-4)23(25)24-15-7-8-18-11-13-19(14-12-18)17(2)3/h6,9-14,16-17,22H,5,7-8,15H2,1-4H3,(H,24,25)/t22-/m0/s1. The Morgan fingerprint density at radius 2 is 1.78 bits per heavy atom. The van der Waals surface area contributed by atoms with E-state index in [9.17, 15) is 4.79 Å². The second-order valence-corrected chi connectivity index (χ2v) is 6.98. The van der Waals surface area contributed by atoms with E-state index in [4.69, 9.17) is 9.47 Å². The quantitative estimate of drug-likeness (QED) is 0.616. The van der Waals surface area contributed by atoms with Gasteiger partial charge >= 0.3 is 0 Å². The zero-order valence-corrected chi connectivity index (χ0v) is 16.8. The first-order valence-electron chi connectivity index (χ1n) is 9.70. The van der Waals surface area contributed by atoms with Crippen LogP contribution in [0.5, 0.6) is 11.5 Å². The fourth-order valence-electron chi connectivity index (χ4n) is 2.85. The Kier molecular flexibility index (Phi) is 8.18. The summed E-state index contributed by atoms with van der Waals surface area (Å²) in [6.45, 7) is 6.98. The van der Waals surface area contributed by atoms with Crippen molar-refractivity contribution in [2.75, 3.05) is 13.7 Å². The van der Waals surface area contributed by atoms with Gasteiger partial charge in [-0.05, 0) is 48.4 Å². The molecule has 0 unspecified atom stereocenters. The van der Waals surface area contributed by atoms with E-state index in [1.807, 2.05) is 25.1 Å². The van der Waals surface area contributed by atoms with E-state index in [-0.39, 0.29) is 5.91 Å². The van der Waals surface area contributed by atoms with Crippen molar-refractivity contribution in [3.05, 3.63) is 59.7 Å². The Labute approximate surface area is 162 Å². The molecule has 0 aliphatic rings. The second kappa shape index (κ2) is 10.6. The average Bonchev–Trinajstić information content (AvgIpc) is 2.69. The van der Waals surface area contributed by atoms with E-state index in [1.165, 1.54) is 11.1 Å². The molecule has 0 heterocycles. The van der Waals surface area contributed by atoms with Gasteiger partial charge in [0, 0.05) is 12.6 Å². The van der Waals surface area contributed by atoms with E-state index in [0.717, 1.165) is 12.8 Å². The molecule has 0 fully saturated rings. The van der Waals surface area contributed by atoms with Crippen molar-refractivity contribution >= 4 is 5.91 Å². The summed E-state index contributed by atoms with van der Waals surface area (Å²) >= 11 is 0. The van der Waals surface area contributed by atoms with Crippen LogP contribution < -0.4 is 14.8 Å². The number of carbonyl (C=O) groups excluding carboxylic acids is 1. The van der Waals surface area contributed by atoms with E-state index in [2.05, 4.69) is 43.4 Å². The fraction of sp³-hybridized carbons (Fsp3) is 0.435. The molecule has 0 aliphatic heterocycles. The molecule has 146 valence electrons. The summed E-state index contributed by atoms with van der Waals surface area (Å²) in [5, 5.41) is 2.99. The molecule has 1 N–H and O–H groups in total. The number of aryl methyl sites for hydroxylation is 1. The molecular formula is C23H31NO3. The highest BCUT2D eigenvalue weighted by Crippen LogP contribution is 2.20. The number of nitrogens with one attached hydrogen (secondary N) is 1. The van der Waals surface area contributed by atoms with Crippen molar-refractivity contribution in [2.24, 2.45) is 0 Å². The summed E-state index contributed by atoms with van der Waals surface area (Å²) in [6, 6.07) is 16.1. The van der Waals surface area contributed by atoms with Crippen molar-refractivity contribution in [1.29, 1.82) is 0 Å². The molecular weight excluding hydrogens is 338 g/mol. The Balaban J connectivity index is 1.77. The molecule has 1 atom stereocenters. The van der Waals surface area contributed by atoms with Gasteiger partial charge in [0.15, 0.2) is 6.10 Å². The summed E-state index contributed by atoms with van der Waals surface area (Å²) in [6.07, 6.45) is 1.97. The largest absolute Gasteiger partial charge is 0.497 e. The molecule has 2 aromatic carbocycles. The maximum Gasteiger partial charge on any atom is 0.261 e. The van der Waals surface area contributed by atoms with Crippen molar-refractivity contribution < 1.29 is 14.3 Å². The van der Waals surface area contributed by atoms with Crippen LogP contribution in [0.2, 0.25) is 0 Å². The molecule has 1 amide bonds. The number of rotatable bonds is 10. The van der Waals surface area contributed by atoms with Crippen LogP contribution in [-0.2, 0) is 11.2 Å². The van der Waals surface area contributed by atoms with Gasteiger partial charge in [-0.15, -0.1) is 0 Å². The van der Waals surface area contributed by atoms with Crippen LogP contribution in [0.25, 0.3) is 0 Å². The molecule has 27 heavy (non-hydrogen) atoms. The highest BCUT2D eigenvalue weighted by Gasteiger charge is 2.18. The summed E-state index contributed by atoms with van der Waals surface area (Å²) in [5.74, 6) is 1.83. The van der Waals surface area contributed by atoms with Gasteiger partial charge in [-0.25, -0.2) is 0 Å². The number of carbonyl (C=O) groups is 1. The van der Waals surface area contributed by atoms with E-state index < -0.39 is 6.10 Å². The van der Waals surface area contributed by atoms with Gasteiger partial charge in [-0.1, -0.05) is 51.1 Å². The Morgan fingerprint density at radius 1 is 1.07 bits per heavy atom. The minimum atomic E-state index is -0.498. The maximum absolute atomic E-state index is 12.4. The third-order valence-electron chi connectivity index (χ3n) is 4.57. The molecule has 0 radical (unpaired) electrons. The van der Waals surface area contributed by atoms with Gasteiger partial charge in [0.25, 0.3) is 5.91 Å². The van der Waals surface area contributed by atoms with Crippen LogP contribution in [0.15, 0.2) is 48.5 Å². The monoisotopic (exact) mass is 369 g/mol. The van der Waals surface area contributed by atoms with Crippen LogP contribution >= 0.6 is 0 Å². The minimum Gasteiger partial charge on any atom is -0.497 e. The lowest BCUT2D eigenvalue weighted by atomic mass is 10.0. The van der Waals surface area contributed by atoms with E-state index in [1.54, 1.807) is 13.2 Å². The highest BCUT2D eigenvalue weighted by molar-refractivity contribution is 5.81. The van der Waals surface area contributed by atoms with Gasteiger partial charge in [-0.3, -0.25) is 4.79 Å². The van der Waals surface area contributed by atoms with Crippen molar-refractivity contribution in [3.63, 3.8) is 0 Å². The van der Waals surface area contributed by atoms with Crippen LogP contribution in [0.4, 0.5) is 0 Å². The molecule has 2 aromatic rings. The van der Waals surface area contributed by atoms with Gasteiger partial charge in [0.05, 0.1) is 7.11 Å². The number of benzene rings is 2. The molecule has 0 aliphatic carbocycles. The fourth-order valence-corrected chi connectivity index (χ4v) is 2.85. The zero-order chi connectivity index (χ0) is 19.6. The SMILES string of the molecule is CC[C@H](Oc1cccc(OC)c1)C(=O)NCCCc1ccc(C(C)C)cc1. The topological polar surface area (TPSA) is 47.6 Å². The predicted octanol–water partition coefficient (Wildman–Crippen LogP) is 4.73. The van der Waals surface area contributed by atoms with Crippen molar-refractivity contribution in [1.82, 2.24) is 5.32 Å². The lowest BCUT2D eigenvalue weighted by Crippen LogP contribution is -2.38. The summed E-state index contributed by atoms with van der Waals surface area (Å²) in [5.41, 5.74) is 2.65. The average molecular weight is 370 g/mol. The summed E-state index contributed by atoms with van der Waals surface area (Å²) < 4.78 is 11.0. The lowest BCUT2D eigenvalue weighted by Gasteiger charge is -2.17. The molecule has 0 saturated carbocycles. The summed E-state index contributed by atoms with van der Waals surface area (Å²) in [4.78, 5) is 12.4. The van der Waals surface area contributed by atoms with Crippen LogP contribution in [0.1, 0.15) is 50.7 Å². The third kappa shape index (κ3) is 6.63. The van der Waals surface area contributed by atoms with E-state index in [0.29, 0.717) is 30.4 Å². The first kappa shape index (κ1) is 20.8. The van der Waals surface area contributed by atoms with Gasteiger partial charge in [0.1, 0.15) is 11.5 Å². The van der Waals surface area contributed by atoms with Crippen molar-refractivity contribution in [3.8, 4) is 11.5 Å². The molecule has 0 saturated heterocycles. The number of amides is 1. The van der Waals surface area contributed by atoms with Gasteiger partial charge < -0.3 is 14.8 Å². The third-order valence-corrected chi connectivity index (χ3v) is 4.57. The molecule has 2 rings (SSSR count). The van der Waals surface area contributed by atoms with Crippen LogP contribution in [-0.4, -0.2) is 25.7 Å². The number of methoxy groups -OCH3 is 1. The number of hydrogen-bond acceptors (Lipinski definition) is 3. The Bertz CT molecular complexity index is 710. The van der Waals surface area contributed by atoms with Crippen molar-refractivity contribution in [2.45, 2.75) is 52.1 Å². The van der Waals surface area contributed by atoms with Gasteiger partial charge in [-0.2, -0.15) is 0 Å². The molecule has 0 spiro atoms. The first-order valence-corrected chi connectivity index (χ1v) is 9.70. The smallest absolute Gasteiger partial charge is 0.261 e. The maximum atomic E-state index is 12.4. The number of hydrogen-bond donors (Lipinski definition) is 1. The normalized spacial score (nSPS) is 11.9. The highest BCUT2D eigenvalue weighted by atomic mass is 16.5. The summed E-state index contributed by atoms with van der Waals surface area (Å²) in [7, 11) is 1.61. The van der Waals surface area contributed by atoms with Gasteiger partial charge in [0.2, 0.25) is 0 Å². The lowest BCUT2D eigenvalue weighted by molar-refractivity contribution is -0.128. The minimum absolute atomic E-state index is 0.0736. The molecule has 4 nitrogen and oxygen atoms in total. The molecule has 4 heteroatoms. The number of ether oxygens (including phenoxy) is 2. The predicted molar refractivity (Wildman–Crippen MR) is 110 cm³/mol. The molecule has 0 bridgehead atoms. The first-order chi connectivity index (χ1) is 13.0.